The molecule has 0 bridgehead atoms. The molecule has 4 nitrogen and oxygen atoms in total. The Labute approximate surface area is 87.6 Å². The van der Waals surface area contributed by atoms with Crippen LogP contribution in [0.4, 0.5) is 0 Å². The van der Waals surface area contributed by atoms with E-state index in [4.69, 9.17) is 10.4 Å². The van der Waals surface area contributed by atoms with Gasteiger partial charge in [-0.1, -0.05) is 0 Å². The quantitative estimate of drug-likeness (QED) is 0.337. The van der Waals surface area contributed by atoms with Gasteiger partial charge in [-0.2, -0.15) is 5.28 Å². The van der Waals surface area contributed by atoms with Crippen molar-refractivity contribution < 1.29 is 74.1 Å². The summed E-state index contributed by atoms with van der Waals surface area (Å²) in [6, 6.07) is 0. The minimum Gasteiger partial charge on any atom is -0.773 e. The van der Waals surface area contributed by atoms with E-state index in [-0.39, 0.29) is 68.9 Å². The monoisotopic (exact) mass is 194 g/mol. The fraction of sp³-hybridized carbons (Fsp3) is 0. The minimum absolute atomic E-state index is 0. The molecular formula is HCsN2O2. The number of rotatable bonds is 0. The van der Waals surface area contributed by atoms with E-state index in [0.717, 1.165) is 0 Å². The average Bonchev–Trinajstić information content (AvgIpc) is 1.37. The molecule has 24 valence electrons. The van der Waals surface area contributed by atoms with E-state index in [0.29, 0.717) is 0 Å². The zero-order chi connectivity index (χ0) is 3.41. The van der Waals surface area contributed by atoms with Crippen molar-refractivity contribution in [2.24, 2.45) is 10.6 Å². The van der Waals surface area contributed by atoms with Crippen molar-refractivity contribution in [3.8, 4) is 0 Å². The van der Waals surface area contributed by atoms with E-state index < -0.39 is 0 Å². The van der Waals surface area contributed by atoms with Crippen LogP contribution in [0.5, 0.6) is 0 Å². The first-order valence-corrected chi connectivity index (χ1v) is 0.583. The minimum atomic E-state index is 0. The summed E-state index contributed by atoms with van der Waals surface area (Å²) in [7, 11) is 0. The molecule has 5 heteroatoms. The molecule has 0 spiro atoms. The van der Waals surface area contributed by atoms with Gasteiger partial charge < -0.3 is 10.4 Å². The maximum atomic E-state index is 8.51. The molecular weight excluding hydrogens is 193 g/mol. The molecule has 0 unspecified atom stereocenters. The van der Waals surface area contributed by atoms with Crippen molar-refractivity contribution in [1.82, 2.24) is 0 Å². The van der Waals surface area contributed by atoms with E-state index in [2.05, 4.69) is 0 Å². The number of hydrogen-bond donors (Lipinski definition) is 1. The summed E-state index contributed by atoms with van der Waals surface area (Å²) in [5, 5.41) is 19.0. The molecule has 0 aromatic heterocycles. The van der Waals surface area contributed by atoms with Gasteiger partial charge in [-0.15, -0.1) is 0 Å². The molecule has 5 heavy (non-hydrogen) atoms. The smallest absolute Gasteiger partial charge is 0.773 e. The normalized spacial score (nSPS) is 7.20. The van der Waals surface area contributed by atoms with Gasteiger partial charge in [-0.05, 0) is 0 Å². The first-order valence-electron chi connectivity index (χ1n) is 0.583. The zero-order valence-electron chi connectivity index (χ0n) is 2.75. The van der Waals surface area contributed by atoms with E-state index in [1.165, 1.54) is 0 Å². The molecule has 0 atom stereocenters. The largest absolute Gasteiger partial charge is 1.00 e. The third-order valence-electron chi connectivity index (χ3n) is 0.0365. The third kappa shape index (κ3) is 11.0. The van der Waals surface area contributed by atoms with Crippen molar-refractivity contribution in [3.05, 3.63) is 5.21 Å². The molecule has 0 aliphatic rings. The van der Waals surface area contributed by atoms with Crippen LogP contribution in [0, 0.1) is 5.21 Å². The van der Waals surface area contributed by atoms with E-state index in [9.17, 15) is 0 Å². The molecule has 0 rings (SSSR count). The SMILES string of the molecule is [Cs+].[O-]N=NO. The second kappa shape index (κ2) is 8.98. The Morgan fingerprint density at radius 3 is 1.80 bits per heavy atom. The molecule has 0 aliphatic carbocycles. The van der Waals surface area contributed by atoms with Crippen LogP contribution in [0.25, 0.3) is 0 Å². The fourth-order valence-electron chi connectivity index (χ4n) is 0. The third-order valence-corrected chi connectivity index (χ3v) is 0.0365. The second-order valence-corrected chi connectivity index (χ2v) is 0.171. The standard InChI is InChI=1S/Cs.H2N2O2/c;3-1-2-4/h;(H,1,4)(H,2,3)/q+1;/p-1. The summed E-state index contributed by atoms with van der Waals surface area (Å²) in [4.78, 5) is 0. The van der Waals surface area contributed by atoms with Crippen molar-refractivity contribution in [2.45, 2.75) is 0 Å². The Kier molecular flexibility index (Phi) is 17.1. The molecule has 0 fully saturated rings. The van der Waals surface area contributed by atoms with Crippen molar-refractivity contribution in [1.29, 1.82) is 0 Å². The van der Waals surface area contributed by atoms with E-state index >= 15 is 0 Å². The Hall–Kier alpha value is 1.25. The Morgan fingerprint density at radius 1 is 1.60 bits per heavy atom. The molecule has 0 saturated carbocycles. The maximum Gasteiger partial charge on any atom is 1.00 e. The first kappa shape index (κ1) is 9.54. The van der Waals surface area contributed by atoms with Crippen LogP contribution in [0.15, 0.2) is 10.6 Å². The summed E-state index contributed by atoms with van der Waals surface area (Å²) < 4.78 is 0. The molecule has 0 amide bonds. The summed E-state index contributed by atoms with van der Waals surface area (Å²) in [6.07, 6.45) is 0. The van der Waals surface area contributed by atoms with Crippen LogP contribution in [-0.4, -0.2) is 5.21 Å². The summed E-state index contributed by atoms with van der Waals surface area (Å²) in [6.45, 7) is 0. The van der Waals surface area contributed by atoms with Crippen LogP contribution >= 0.6 is 0 Å². The summed E-state index contributed by atoms with van der Waals surface area (Å²) >= 11 is 0. The van der Waals surface area contributed by atoms with Crippen LogP contribution in [0.2, 0.25) is 0 Å². The van der Waals surface area contributed by atoms with Crippen LogP contribution < -0.4 is 68.9 Å². The molecule has 0 saturated heterocycles. The van der Waals surface area contributed by atoms with Gasteiger partial charge in [-0.3, -0.25) is 0 Å². The van der Waals surface area contributed by atoms with Gasteiger partial charge >= 0.3 is 68.9 Å². The second-order valence-electron chi connectivity index (χ2n) is 0.171. The average molecular weight is 194 g/mol. The van der Waals surface area contributed by atoms with Gasteiger partial charge in [0.2, 0.25) is 0 Å². The van der Waals surface area contributed by atoms with Crippen molar-refractivity contribution in [2.75, 3.05) is 0 Å². The molecule has 1 N–H and O–H groups in total. The first-order chi connectivity index (χ1) is 1.91. The van der Waals surface area contributed by atoms with Crippen LogP contribution in [0.3, 0.4) is 0 Å². The van der Waals surface area contributed by atoms with Gasteiger partial charge in [0.05, 0.1) is 0 Å². The predicted octanol–water partition coefficient (Wildman–Crippen LogP) is -2.67. The molecule has 0 heterocycles. The van der Waals surface area contributed by atoms with E-state index in [1.54, 1.807) is 10.6 Å². The Bertz CT molecular complexity index is 22.8. The summed E-state index contributed by atoms with van der Waals surface area (Å²) in [5.74, 6) is 0. The van der Waals surface area contributed by atoms with Gasteiger partial charge in [0.15, 0.2) is 0 Å². The van der Waals surface area contributed by atoms with Gasteiger partial charge in [0.1, 0.15) is 0 Å². The Morgan fingerprint density at radius 2 is 1.80 bits per heavy atom. The maximum absolute atomic E-state index is 8.51. The predicted molar refractivity (Wildman–Crippen MR) is 10.0 cm³/mol. The van der Waals surface area contributed by atoms with Crippen LogP contribution in [0.1, 0.15) is 0 Å². The van der Waals surface area contributed by atoms with Crippen LogP contribution in [-0.2, 0) is 0 Å². The van der Waals surface area contributed by atoms with Gasteiger partial charge in [0, 0.05) is 5.28 Å². The van der Waals surface area contributed by atoms with E-state index in [1.807, 2.05) is 0 Å². The van der Waals surface area contributed by atoms with Crippen molar-refractivity contribution in [3.63, 3.8) is 0 Å². The topological polar surface area (TPSA) is 68.0 Å². The summed E-state index contributed by atoms with van der Waals surface area (Å²) in [5.41, 5.74) is 0. The molecule has 0 radical (unpaired) electrons. The number of hydrogen-bond acceptors (Lipinski definition) is 3. The fourth-order valence-corrected chi connectivity index (χ4v) is 0. The zero-order valence-corrected chi connectivity index (χ0v) is 9.03. The van der Waals surface area contributed by atoms with Gasteiger partial charge in [-0.25, -0.2) is 0 Å². The van der Waals surface area contributed by atoms with Crippen molar-refractivity contribution >= 4 is 0 Å². The number of nitrogens with zero attached hydrogens (tertiary/aromatic N) is 2. The molecule has 0 aliphatic heterocycles. The Balaban J connectivity index is 0. The molecule has 0 aromatic rings. The van der Waals surface area contributed by atoms with Gasteiger partial charge in [0.25, 0.3) is 0 Å². The molecule has 0 aromatic carbocycles.